The molecular weight excluding hydrogens is 162 g/mol. The van der Waals surface area contributed by atoms with Gasteiger partial charge in [0.15, 0.2) is 0 Å². The largest absolute Gasteiger partial charge is 0.385 e. The summed E-state index contributed by atoms with van der Waals surface area (Å²) in [5, 5.41) is 3.67. The van der Waals surface area contributed by atoms with Gasteiger partial charge in [-0.25, -0.2) is 0 Å². The first-order valence-electron chi connectivity index (χ1n) is 5.45. The van der Waals surface area contributed by atoms with Gasteiger partial charge in [0.25, 0.3) is 0 Å². The molecule has 0 aromatic carbocycles. The lowest BCUT2D eigenvalue weighted by atomic mass is 9.81. The Bertz CT molecular complexity index is 139. The van der Waals surface area contributed by atoms with E-state index in [0.717, 1.165) is 12.5 Å². The molecule has 1 aliphatic rings. The van der Waals surface area contributed by atoms with Crippen molar-refractivity contribution in [3.05, 3.63) is 0 Å². The predicted octanol–water partition coefficient (Wildman–Crippen LogP) is 2.19. The molecule has 0 aromatic heterocycles. The number of methoxy groups -OCH3 is 1. The van der Waals surface area contributed by atoms with E-state index in [2.05, 4.69) is 19.2 Å². The average molecular weight is 185 g/mol. The molecule has 1 heterocycles. The van der Waals surface area contributed by atoms with Crippen molar-refractivity contribution in [3.8, 4) is 0 Å². The fourth-order valence-corrected chi connectivity index (χ4v) is 2.36. The van der Waals surface area contributed by atoms with E-state index in [1.165, 1.54) is 32.2 Å². The number of ether oxygens (including phenoxy) is 1. The molecule has 0 amide bonds. The average Bonchev–Trinajstić information content (AvgIpc) is 2.55. The summed E-state index contributed by atoms with van der Waals surface area (Å²) in [6.07, 6.45) is 5.12. The van der Waals surface area contributed by atoms with Gasteiger partial charge in [0.05, 0.1) is 0 Å². The molecule has 1 atom stereocenters. The van der Waals surface area contributed by atoms with Crippen LogP contribution in [0.4, 0.5) is 0 Å². The highest BCUT2D eigenvalue weighted by Gasteiger charge is 2.35. The van der Waals surface area contributed by atoms with Crippen molar-refractivity contribution in [2.45, 2.75) is 45.1 Å². The Morgan fingerprint density at radius 2 is 2.23 bits per heavy atom. The van der Waals surface area contributed by atoms with Gasteiger partial charge in [-0.15, -0.1) is 0 Å². The van der Waals surface area contributed by atoms with Crippen molar-refractivity contribution < 1.29 is 4.74 Å². The van der Waals surface area contributed by atoms with Crippen LogP contribution in [0.5, 0.6) is 0 Å². The molecular formula is C11H23NO. The van der Waals surface area contributed by atoms with Crippen molar-refractivity contribution in [2.24, 2.45) is 5.92 Å². The van der Waals surface area contributed by atoms with Gasteiger partial charge < -0.3 is 10.1 Å². The second-order valence-corrected chi connectivity index (χ2v) is 4.44. The zero-order valence-corrected chi connectivity index (χ0v) is 9.23. The lowest BCUT2D eigenvalue weighted by Crippen LogP contribution is -2.44. The van der Waals surface area contributed by atoms with Gasteiger partial charge in [0.2, 0.25) is 0 Å². The standard InChI is InChI=1S/C11H23NO/c1-10(2)11(6-4-8-12-11)7-5-9-13-3/h10,12H,4-9H2,1-3H3. The minimum atomic E-state index is 0.415. The summed E-state index contributed by atoms with van der Waals surface area (Å²) in [5.74, 6) is 0.742. The Balaban J connectivity index is 2.38. The molecule has 0 radical (unpaired) electrons. The minimum Gasteiger partial charge on any atom is -0.385 e. The van der Waals surface area contributed by atoms with Crippen molar-refractivity contribution in [3.63, 3.8) is 0 Å². The fourth-order valence-electron chi connectivity index (χ4n) is 2.36. The van der Waals surface area contributed by atoms with Gasteiger partial charge in [-0.3, -0.25) is 0 Å². The van der Waals surface area contributed by atoms with Crippen LogP contribution in [-0.2, 0) is 4.74 Å². The fraction of sp³-hybridized carbons (Fsp3) is 1.00. The topological polar surface area (TPSA) is 21.3 Å². The first-order chi connectivity index (χ1) is 6.21. The maximum Gasteiger partial charge on any atom is 0.0462 e. The molecule has 1 N–H and O–H groups in total. The van der Waals surface area contributed by atoms with E-state index in [1.807, 2.05) is 0 Å². The molecule has 0 aromatic rings. The van der Waals surface area contributed by atoms with Gasteiger partial charge in [0.1, 0.15) is 0 Å². The van der Waals surface area contributed by atoms with E-state index in [0.29, 0.717) is 5.54 Å². The molecule has 0 aliphatic carbocycles. The summed E-state index contributed by atoms with van der Waals surface area (Å²) in [7, 11) is 1.78. The lowest BCUT2D eigenvalue weighted by molar-refractivity contribution is 0.166. The Kier molecular flexibility index (Phi) is 4.20. The SMILES string of the molecule is COCCCC1(C(C)C)CCCN1. The van der Waals surface area contributed by atoms with Crippen LogP contribution in [0.25, 0.3) is 0 Å². The highest BCUT2D eigenvalue weighted by atomic mass is 16.5. The van der Waals surface area contributed by atoms with Crippen LogP contribution in [0, 0.1) is 5.92 Å². The third-order valence-electron chi connectivity index (χ3n) is 3.35. The van der Waals surface area contributed by atoms with Crippen LogP contribution < -0.4 is 5.32 Å². The third-order valence-corrected chi connectivity index (χ3v) is 3.35. The molecule has 0 saturated carbocycles. The maximum absolute atomic E-state index is 5.10. The Morgan fingerprint density at radius 3 is 2.69 bits per heavy atom. The summed E-state index contributed by atoms with van der Waals surface area (Å²) in [5.41, 5.74) is 0.415. The van der Waals surface area contributed by atoms with Crippen LogP contribution in [0.1, 0.15) is 39.5 Å². The number of hydrogen-bond donors (Lipinski definition) is 1. The number of rotatable bonds is 5. The van der Waals surface area contributed by atoms with E-state index in [4.69, 9.17) is 4.74 Å². The van der Waals surface area contributed by atoms with Crippen molar-refractivity contribution in [1.29, 1.82) is 0 Å². The van der Waals surface area contributed by atoms with Crippen LogP contribution in [-0.4, -0.2) is 25.8 Å². The molecule has 13 heavy (non-hydrogen) atoms. The van der Waals surface area contributed by atoms with Gasteiger partial charge in [-0.2, -0.15) is 0 Å². The molecule has 1 saturated heterocycles. The lowest BCUT2D eigenvalue weighted by Gasteiger charge is -2.34. The molecule has 78 valence electrons. The second kappa shape index (κ2) is 4.97. The van der Waals surface area contributed by atoms with E-state index < -0.39 is 0 Å². The van der Waals surface area contributed by atoms with Crippen LogP contribution in [0.2, 0.25) is 0 Å². The highest BCUT2D eigenvalue weighted by Crippen LogP contribution is 2.31. The molecule has 2 nitrogen and oxygen atoms in total. The van der Waals surface area contributed by atoms with E-state index in [-0.39, 0.29) is 0 Å². The van der Waals surface area contributed by atoms with Crippen LogP contribution >= 0.6 is 0 Å². The molecule has 1 unspecified atom stereocenters. The maximum atomic E-state index is 5.10. The Morgan fingerprint density at radius 1 is 1.46 bits per heavy atom. The quantitative estimate of drug-likeness (QED) is 0.663. The Labute approximate surface area is 82.0 Å². The molecule has 1 fully saturated rings. The summed E-state index contributed by atoms with van der Waals surface area (Å²) < 4.78 is 5.10. The molecule has 2 heteroatoms. The van der Waals surface area contributed by atoms with Crippen molar-refractivity contribution in [2.75, 3.05) is 20.3 Å². The second-order valence-electron chi connectivity index (χ2n) is 4.44. The number of nitrogens with one attached hydrogen (secondary N) is 1. The zero-order valence-electron chi connectivity index (χ0n) is 9.23. The first kappa shape index (κ1) is 11.0. The number of hydrogen-bond acceptors (Lipinski definition) is 2. The van der Waals surface area contributed by atoms with Crippen molar-refractivity contribution >= 4 is 0 Å². The summed E-state index contributed by atoms with van der Waals surface area (Å²) >= 11 is 0. The smallest absolute Gasteiger partial charge is 0.0462 e. The van der Waals surface area contributed by atoms with Gasteiger partial charge in [-0.1, -0.05) is 13.8 Å². The Hall–Kier alpha value is -0.0800. The normalized spacial score (nSPS) is 28.6. The first-order valence-corrected chi connectivity index (χ1v) is 5.45. The van der Waals surface area contributed by atoms with Crippen LogP contribution in [0.3, 0.4) is 0 Å². The molecule has 0 spiro atoms. The zero-order chi connectivity index (χ0) is 9.73. The van der Waals surface area contributed by atoms with Gasteiger partial charge in [-0.05, 0) is 38.1 Å². The monoisotopic (exact) mass is 185 g/mol. The van der Waals surface area contributed by atoms with E-state index in [9.17, 15) is 0 Å². The molecule has 1 rings (SSSR count). The van der Waals surface area contributed by atoms with E-state index in [1.54, 1.807) is 7.11 Å². The third kappa shape index (κ3) is 2.68. The van der Waals surface area contributed by atoms with Crippen LogP contribution in [0.15, 0.2) is 0 Å². The summed E-state index contributed by atoms with van der Waals surface area (Å²) in [6.45, 7) is 6.75. The van der Waals surface area contributed by atoms with Crippen molar-refractivity contribution in [1.82, 2.24) is 5.32 Å². The summed E-state index contributed by atoms with van der Waals surface area (Å²) in [4.78, 5) is 0. The van der Waals surface area contributed by atoms with Gasteiger partial charge in [0, 0.05) is 19.3 Å². The van der Waals surface area contributed by atoms with Gasteiger partial charge >= 0.3 is 0 Å². The predicted molar refractivity (Wildman–Crippen MR) is 55.9 cm³/mol. The summed E-state index contributed by atoms with van der Waals surface area (Å²) in [6, 6.07) is 0. The minimum absolute atomic E-state index is 0.415. The highest BCUT2D eigenvalue weighted by molar-refractivity contribution is 4.95. The molecule has 0 bridgehead atoms. The van der Waals surface area contributed by atoms with E-state index >= 15 is 0 Å². The molecule has 1 aliphatic heterocycles.